The number of hydrogen-bond donors (Lipinski definition) is 0. The summed E-state index contributed by atoms with van der Waals surface area (Å²) in [5.74, 6) is -1.25. The van der Waals surface area contributed by atoms with Crippen molar-refractivity contribution in [2.75, 3.05) is 24.5 Å². The number of fused-ring (bicyclic) bond motifs is 3. The average molecular weight is 774 g/mol. The van der Waals surface area contributed by atoms with E-state index in [0.717, 1.165) is 25.9 Å². The lowest BCUT2D eigenvalue weighted by Crippen LogP contribution is -2.53. The van der Waals surface area contributed by atoms with Crippen LogP contribution in [-0.4, -0.2) is 55.4 Å². The van der Waals surface area contributed by atoms with E-state index in [4.69, 9.17) is 37.4 Å². The maximum absolute atomic E-state index is 15.2. The van der Waals surface area contributed by atoms with E-state index in [9.17, 15) is 18.4 Å². The van der Waals surface area contributed by atoms with Gasteiger partial charge in [0.25, 0.3) is 0 Å². The third-order valence-electron chi connectivity index (χ3n) is 9.27. The van der Waals surface area contributed by atoms with Crippen LogP contribution >= 0.6 is 23.2 Å². The summed E-state index contributed by atoms with van der Waals surface area (Å²) in [6, 6.07) is 16.7. The molecule has 4 aromatic rings. The van der Waals surface area contributed by atoms with Gasteiger partial charge in [0.15, 0.2) is 23.9 Å². The number of benzene rings is 3. The molecule has 1 N–H and O–H groups in total. The number of nitrogens with zero attached hydrogens (tertiary/aromatic N) is 2. The van der Waals surface area contributed by atoms with E-state index in [1.165, 1.54) is 53.7 Å². The van der Waals surface area contributed by atoms with E-state index in [0.29, 0.717) is 23.2 Å². The van der Waals surface area contributed by atoms with E-state index in [1.54, 1.807) is 44.2 Å². The summed E-state index contributed by atoms with van der Waals surface area (Å²) in [5, 5.41) is 0.574. The Morgan fingerprint density at radius 3 is 2.34 bits per heavy atom. The molecule has 4 heterocycles. The minimum Gasteiger partial charge on any atom is -0.487 e. The number of ether oxygens (including phenoxy) is 4. The van der Waals surface area contributed by atoms with Crippen molar-refractivity contribution in [1.29, 1.82) is 0 Å². The minimum absolute atomic E-state index is 0.0143. The Kier molecular flexibility index (Phi) is 12.3. The van der Waals surface area contributed by atoms with Crippen LogP contribution in [0.1, 0.15) is 59.8 Å². The first-order valence-corrected chi connectivity index (χ1v) is 18.0. The van der Waals surface area contributed by atoms with E-state index >= 15 is 4.39 Å². The van der Waals surface area contributed by atoms with Gasteiger partial charge in [-0.1, -0.05) is 53.5 Å². The van der Waals surface area contributed by atoms with Crippen molar-refractivity contribution >= 4 is 41.0 Å². The van der Waals surface area contributed by atoms with Crippen LogP contribution in [0.25, 0.3) is 0 Å². The Morgan fingerprint density at radius 1 is 0.943 bits per heavy atom. The van der Waals surface area contributed by atoms with Gasteiger partial charge >= 0.3 is 18.7 Å². The normalized spacial score (nSPS) is 18.5. The number of carbonyl (C=O) groups excluding carboxylic acids is 2. The Labute approximate surface area is 315 Å². The van der Waals surface area contributed by atoms with Crippen molar-refractivity contribution in [2.24, 2.45) is 5.92 Å². The first kappa shape index (κ1) is 38.2. The summed E-state index contributed by atoms with van der Waals surface area (Å²) in [6.45, 7) is 2.84. The van der Waals surface area contributed by atoms with E-state index in [1.807, 2.05) is 0 Å². The molecule has 0 aliphatic carbocycles. The highest BCUT2D eigenvalue weighted by Crippen LogP contribution is 2.37. The number of aromatic amines is 1. The number of anilines is 1. The van der Waals surface area contributed by atoms with Gasteiger partial charge < -0.3 is 18.9 Å². The molecule has 53 heavy (non-hydrogen) atoms. The lowest BCUT2D eigenvalue weighted by atomic mass is 9.86. The fraction of sp³-hybridized carbons (Fsp3) is 0.359. The van der Waals surface area contributed by atoms with Gasteiger partial charge in [0.2, 0.25) is 0 Å². The predicted octanol–water partition coefficient (Wildman–Crippen LogP) is 8.71. The number of H-pyrrole nitrogens is 1. The van der Waals surface area contributed by atoms with Crippen LogP contribution in [-0.2, 0) is 22.4 Å². The van der Waals surface area contributed by atoms with Crippen LogP contribution in [0, 0.1) is 11.7 Å². The van der Waals surface area contributed by atoms with Gasteiger partial charge in [0.05, 0.1) is 23.9 Å². The number of pyridine rings is 1. The monoisotopic (exact) mass is 772 g/mol. The van der Waals surface area contributed by atoms with Gasteiger partial charge in [0.1, 0.15) is 28.1 Å². The molecule has 1 amide bonds. The molecule has 0 spiro atoms. The molecule has 2 bridgehead atoms. The van der Waals surface area contributed by atoms with Gasteiger partial charge in [-0.2, -0.15) is 8.78 Å². The summed E-state index contributed by atoms with van der Waals surface area (Å²) in [5.41, 5.74) is 1.56. The third kappa shape index (κ3) is 9.54. The van der Waals surface area contributed by atoms with Gasteiger partial charge in [-0.05, 0) is 93.2 Å². The molecule has 0 radical (unpaired) electrons. The van der Waals surface area contributed by atoms with E-state index < -0.39 is 30.6 Å². The fourth-order valence-corrected chi connectivity index (χ4v) is 7.21. The smallest absolute Gasteiger partial charge is 0.415 e. The van der Waals surface area contributed by atoms with Crippen LogP contribution in [0.4, 0.5) is 23.7 Å². The van der Waals surface area contributed by atoms with Crippen molar-refractivity contribution in [2.45, 2.75) is 64.6 Å². The summed E-state index contributed by atoms with van der Waals surface area (Å²) in [7, 11) is 0. The molecule has 3 aromatic carbocycles. The number of carbonyl (C=O) groups is 2. The quantitative estimate of drug-likeness (QED) is 0.126. The highest BCUT2D eigenvalue weighted by Gasteiger charge is 2.38. The Balaban J connectivity index is 1.27. The fourth-order valence-electron chi connectivity index (χ4n) is 6.68. The molecular weight excluding hydrogens is 734 g/mol. The van der Waals surface area contributed by atoms with Crippen LogP contribution in [0.3, 0.4) is 0 Å². The number of nitrogens with one attached hydrogen (secondary N) is 1. The second-order valence-electron chi connectivity index (χ2n) is 13.3. The number of rotatable bonds is 13. The zero-order valence-electron chi connectivity index (χ0n) is 29.1. The van der Waals surface area contributed by atoms with Crippen molar-refractivity contribution in [3.63, 3.8) is 0 Å². The first-order chi connectivity index (χ1) is 25.4. The highest BCUT2D eigenvalue weighted by molar-refractivity contribution is 6.35. The average Bonchev–Trinajstić information content (AvgIpc) is 3.13. The number of hydrogen-bond acceptors (Lipinski definition) is 7. The maximum Gasteiger partial charge on any atom is 0.415 e. The third-order valence-corrected chi connectivity index (χ3v) is 9.94. The standard InChI is InChI=1S/C39H38Cl2F3N3O6/c1-23(2)50-35-17-26(10-11-33(35)52-38(43)44)34(18-28-29(40)19-45-20-30(28)41)51-37(48)27-7-5-6-24(16-27)21-47(32-9-4-3-8-31(32)42)39(49)53-36-22-46-14-12-25(36)13-15-46/h3-11,16-17,19-20,23,25,34,36,38H,12-15,18,21-22H2,1-2H3/p+1/t34-,36-/m0/s1. The van der Waals surface area contributed by atoms with Crippen LogP contribution < -0.4 is 19.4 Å². The SMILES string of the molecule is CC(C)Oc1cc([C@H](Cc2c(Cl)c[nH+]cc2Cl)OC(=O)c2cccc(CN(C(=O)O[C@H]3CN4CCC3CC4)c3ccccc3F)c2)ccc1OC(F)F. The van der Waals surface area contributed by atoms with Gasteiger partial charge in [-0.15, -0.1) is 0 Å². The lowest BCUT2D eigenvalue weighted by molar-refractivity contribution is -0.377. The summed E-state index contributed by atoms with van der Waals surface area (Å²) in [6.07, 6.45) is 2.54. The topological polar surface area (TPSA) is 91.7 Å². The molecule has 14 heteroatoms. The molecule has 1 aromatic heterocycles. The Morgan fingerprint density at radius 2 is 1.68 bits per heavy atom. The van der Waals surface area contributed by atoms with Gasteiger partial charge in [-0.3, -0.25) is 9.80 Å². The molecule has 2 atom stereocenters. The largest absolute Gasteiger partial charge is 0.487 e. The molecule has 9 nitrogen and oxygen atoms in total. The van der Waals surface area contributed by atoms with Crippen LogP contribution in [0.15, 0.2) is 79.1 Å². The highest BCUT2D eigenvalue weighted by atomic mass is 35.5. The second kappa shape index (κ2) is 17.1. The van der Waals surface area contributed by atoms with E-state index in [-0.39, 0.29) is 63.9 Å². The number of halogens is 5. The molecular formula is C39H39Cl2F3N3O6+. The predicted molar refractivity (Wildman–Crippen MR) is 192 cm³/mol. The molecule has 3 aliphatic rings. The van der Waals surface area contributed by atoms with Crippen LogP contribution in [0.2, 0.25) is 10.0 Å². The van der Waals surface area contributed by atoms with Crippen molar-refractivity contribution in [3.8, 4) is 11.5 Å². The van der Waals surface area contributed by atoms with Crippen LogP contribution in [0.5, 0.6) is 11.5 Å². The lowest BCUT2D eigenvalue weighted by Gasteiger charge is -2.44. The van der Waals surface area contributed by atoms with Gasteiger partial charge in [-0.25, -0.2) is 19.0 Å². The number of esters is 1. The number of aromatic nitrogens is 1. The molecule has 0 unspecified atom stereocenters. The number of para-hydroxylation sites is 1. The molecule has 280 valence electrons. The Bertz CT molecular complexity index is 1910. The zero-order valence-corrected chi connectivity index (χ0v) is 30.6. The van der Waals surface area contributed by atoms with Crippen molar-refractivity contribution in [1.82, 2.24) is 4.90 Å². The summed E-state index contributed by atoms with van der Waals surface area (Å²) < 4.78 is 64.1. The number of amides is 1. The minimum atomic E-state index is -3.09. The van der Waals surface area contributed by atoms with Crippen molar-refractivity contribution < 1.29 is 46.7 Å². The number of piperidine rings is 3. The first-order valence-electron chi connectivity index (χ1n) is 17.3. The molecule has 7 rings (SSSR count). The summed E-state index contributed by atoms with van der Waals surface area (Å²) >= 11 is 13.0. The molecule has 0 saturated carbocycles. The Hall–Kier alpha value is -4.52. The number of alkyl halides is 2. The molecule has 3 saturated heterocycles. The van der Waals surface area contributed by atoms with E-state index in [2.05, 4.69) is 14.6 Å². The van der Waals surface area contributed by atoms with Crippen molar-refractivity contribution in [3.05, 3.63) is 117 Å². The summed E-state index contributed by atoms with van der Waals surface area (Å²) in [4.78, 5) is 33.9. The zero-order chi connectivity index (χ0) is 37.6. The van der Waals surface area contributed by atoms with Gasteiger partial charge in [0, 0.05) is 18.5 Å². The maximum atomic E-state index is 15.2. The molecule has 3 aliphatic heterocycles. The second-order valence-corrected chi connectivity index (χ2v) is 14.1. The molecule has 3 fully saturated rings.